The molecule has 6 nitrogen and oxygen atoms in total. The van der Waals surface area contributed by atoms with E-state index in [1.54, 1.807) is 42.3 Å². The number of halogens is 3. The van der Waals surface area contributed by atoms with Gasteiger partial charge in [-0.05, 0) is 67.3 Å². The Morgan fingerprint density at radius 3 is 2.42 bits per heavy atom. The van der Waals surface area contributed by atoms with Gasteiger partial charge >= 0.3 is 12.2 Å². The van der Waals surface area contributed by atoms with Crippen LogP contribution in [0, 0.1) is 12.8 Å². The highest BCUT2D eigenvalue weighted by Crippen LogP contribution is 2.35. The van der Waals surface area contributed by atoms with E-state index in [9.17, 15) is 22.8 Å². The Labute approximate surface area is 219 Å². The summed E-state index contributed by atoms with van der Waals surface area (Å²) in [6.45, 7) is 2.13. The molecule has 0 spiro atoms. The zero-order valence-electron chi connectivity index (χ0n) is 21.2. The molecule has 3 aromatic rings. The number of amides is 3. The van der Waals surface area contributed by atoms with Crippen LogP contribution in [0.1, 0.15) is 41.1 Å². The second-order valence-corrected chi connectivity index (χ2v) is 9.43. The first-order chi connectivity index (χ1) is 18.1. The number of urea groups is 1. The van der Waals surface area contributed by atoms with Crippen molar-refractivity contribution in [1.29, 1.82) is 0 Å². The topological polar surface area (TPSA) is 70.7 Å². The molecule has 1 heterocycles. The molecule has 0 aliphatic carbocycles. The van der Waals surface area contributed by atoms with Gasteiger partial charge < -0.3 is 20.3 Å². The third-order valence-corrected chi connectivity index (χ3v) is 6.70. The van der Waals surface area contributed by atoms with E-state index in [0.29, 0.717) is 29.8 Å². The van der Waals surface area contributed by atoms with Crippen LogP contribution in [0.3, 0.4) is 0 Å². The average Bonchev–Trinajstić information content (AvgIpc) is 2.91. The largest absolute Gasteiger partial charge is 0.497 e. The molecule has 1 saturated heterocycles. The zero-order valence-corrected chi connectivity index (χ0v) is 21.2. The van der Waals surface area contributed by atoms with Crippen molar-refractivity contribution in [3.8, 4) is 5.75 Å². The SMILES string of the molecule is COc1ccc(NC(=O)N2CC(C(=O)NCc3cccc(C(F)(F)F)c3)CCC2c2cccc(C)c2)cc1. The van der Waals surface area contributed by atoms with Gasteiger partial charge in [0.05, 0.1) is 24.6 Å². The number of rotatable bonds is 6. The van der Waals surface area contributed by atoms with Crippen LogP contribution in [-0.2, 0) is 17.5 Å². The standard InChI is InChI=1S/C29H30F3N3O3/c1-19-5-3-7-21(15-19)26-14-9-22(18-35(26)28(37)34-24-10-12-25(38-2)13-11-24)27(36)33-17-20-6-4-8-23(16-20)29(30,31)32/h3-8,10-13,15-16,22,26H,9,14,17-18H2,1-2H3,(H,33,36)(H,34,37). The predicted octanol–water partition coefficient (Wildman–Crippen LogP) is 6.32. The Bertz CT molecular complexity index is 1280. The zero-order chi connectivity index (χ0) is 27.3. The molecule has 4 rings (SSSR count). The molecule has 0 aromatic heterocycles. The van der Waals surface area contributed by atoms with E-state index in [1.807, 2.05) is 31.2 Å². The van der Waals surface area contributed by atoms with Gasteiger partial charge in [-0.15, -0.1) is 0 Å². The highest BCUT2D eigenvalue weighted by Gasteiger charge is 2.36. The molecule has 1 fully saturated rings. The van der Waals surface area contributed by atoms with Crippen LogP contribution < -0.4 is 15.4 Å². The van der Waals surface area contributed by atoms with E-state index in [2.05, 4.69) is 10.6 Å². The number of carbonyl (C=O) groups excluding carboxylic acids is 2. The van der Waals surface area contributed by atoms with Gasteiger partial charge in [0.15, 0.2) is 0 Å². The molecule has 3 amide bonds. The number of aryl methyl sites for hydroxylation is 1. The van der Waals surface area contributed by atoms with Gasteiger partial charge in [-0.1, -0.05) is 42.0 Å². The number of alkyl halides is 3. The number of hydrogen-bond donors (Lipinski definition) is 2. The third kappa shape index (κ3) is 6.65. The minimum atomic E-state index is -4.45. The van der Waals surface area contributed by atoms with Gasteiger partial charge in [-0.2, -0.15) is 13.2 Å². The molecule has 9 heteroatoms. The molecule has 2 N–H and O–H groups in total. The van der Waals surface area contributed by atoms with Gasteiger partial charge in [0, 0.05) is 18.8 Å². The maximum atomic E-state index is 13.4. The molecule has 0 radical (unpaired) electrons. The van der Waals surface area contributed by atoms with Crippen molar-refractivity contribution in [2.24, 2.45) is 5.92 Å². The Balaban J connectivity index is 1.48. The summed E-state index contributed by atoms with van der Waals surface area (Å²) < 4.78 is 44.3. The molecule has 2 unspecified atom stereocenters. The molecule has 3 aromatic carbocycles. The molecule has 2 atom stereocenters. The summed E-state index contributed by atoms with van der Waals surface area (Å²) in [5, 5.41) is 5.66. The lowest BCUT2D eigenvalue weighted by atomic mass is 9.88. The number of methoxy groups -OCH3 is 1. The Hall–Kier alpha value is -4.01. The van der Waals surface area contributed by atoms with Crippen LogP contribution in [0.15, 0.2) is 72.8 Å². The maximum Gasteiger partial charge on any atom is 0.416 e. The van der Waals surface area contributed by atoms with Crippen LogP contribution in [0.4, 0.5) is 23.7 Å². The highest BCUT2D eigenvalue weighted by molar-refractivity contribution is 5.90. The molecule has 0 bridgehead atoms. The van der Waals surface area contributed by atoms with Crippen molar-refractivity contribution in [2.75, 3.05) is 19.0 Å². The molecule has 38 heavy (non-hydrogen) atoms. The lowest BCUT2D eigenvalue weighted by Gasteiger charge is -2.39. The summed E-state index contributed by atoms with van der Waals surface area (Å²) in [5.41, 5.74) is 2.24. The number of piperidine rings is 1. The fourth-order valence-corrected chi connectivity index (χ4v) is 4.69. The smallest absolute Gasteiger partial charge is 0.416 e. The van der Waals surface area contributed by atoms with Gasteiger partial charge in [0.25, 0.3) is 0 Å². The number of nitrogens with zero attached hydrogens (tertiary/aromatic N) is 1. The Morgan fingerprint density at radius 2 is 1.74 bits per heavy atom. The van der Waals surface area contributed by atoms with E-state index >= 15 is 0 Å². The van der Waals surface area contributed by atoms with E-state index in [0.717, 1.165) is 23.3 Å². The number of benzene rings is 3. The molecular weight excluding hydrogens is 495 g/mol. The van der Waals surface area contributed by atoms with Crippen molar-refractivity contribution in [1.82, 2.24) is 10.2 Å². The van der Waals surface area contributed by atoms with Gasteiger partial charge in [0.2, 0.25) is 5.91 Å². The van der Waals surface area contributed by atoms with E-state index < -0.39 is 17.7 Å². The second-order valence-electron chi connectivity index (χ2n) is 9.43. The Morgan fingerprint density at radius 1 is 1.00 bits per heavy atom. The monoisotopic (exact) mass is 525 g/mol. The third-order valence-electron chi connectivity index (χ3n) is 6.70. The van der Waals surface area contributed by atoms with Crippen molar-refractivity contribution in [3.63, 3.8) is 0 Å². The lowest BCUT2D eigenvalue weighted by molar-refractivity contribution is -0.137. The summed E-state index contributed by atoms with van der Waals surface area (Å²) in [5.74, 6) is -0.132. The summed E-state index contributed by atoms with van der Waals surface area (Å²) >= 11 is 0. The summed E-state index contributed by atoms with van der Waals surface area (Å²) in [4.78, 5) is 28.1. The first-order valence-electron chi connectivity index (χ1n) is 12.4. The van der Waals surface area contributed by atoms with Crippen molar-refractivity contribution >= 4 is 17.6 Å². The first kappa shape index (κ1) is 27.0. The molecule has 1 aliphatic rings. The van der Waals surface area contributed by atoms with Crippen molar-refractivity contribution in [2.45, 2.75) is 38.5 Å². The maximum absolute atomic E-state index is 13.4. The number of anilines is 1. The van der Waals surface area contributed by atoms with Gasteiger partial charge in [-0.3, -0.25) is 4.79 Å². The first-order valence-corrected chi connectivity index (χ1v) is 12.4. The number of likely N-dealkylation sites (tertiary alicyclic amines) is 1. The van der Waals surface area contributed by atoms with E-state index in [1.165, 1.54) is 6.07 Å². The normalized spacial score (nSPS) is 17.6. The molecular formula is C29H30F3N3O3. The van der Waals surface area contributed by atoms with Crippen LogP contribution in [0.2, 0.25) is 0 Å². The predicted molar refractivity (Wildman–Crippen MR) is 139 cm³/mol. The van der Waals surface area contributed by atoms with Gasteiger partial charge in [-0.25, -0.2) is 4.79 Å². The number of carbonyl (C=O) groups is 2. The minimum Gasteiger partial charge on any atom is -0.497 e. The van der Waals surface area contributed by atoms with Crippen LogP contribution in [-0.4, -0.2) is 30.5 Å². The number of hydrogen-bond acceptors (Lipinski definition) is 3. The average molecular weight is 526 g/mol. The van der Waals surface area contributed by atoms with E-state index in [4.69, 9.17) is 4.74 Å². The summed E-state index contributed by atoms with van der Waals surface area (Å²) in [6.07, 6.45) is -3.34. The second kappa shape index (κ2) is 11.6. The van der Waals surface area contributed by atoms with Crippen LogP contribution in [0.25, 0.3) is 0 Å². The van der Waals surface area contributed by atoms with Crippen LogP contribution >= 0.6 is 0 Å². The molecule has 1 aliphatic heterocycles. The fraction of sp³-hybridized carbons (Fsp3) is 0.310. The number of ether oxygens (including phenoxy) is 1. The van der Waals surface area contributed by atoms with Gasteiger partial charge in [0.1, 0.15) is 5.75 Å². The highest BCUT2D eigenvalue weighted by atomic mass is 19.4. The van der Waals surface area contributed by atoms with Crippen LogP contribution in [0.5, 0.6) is 5.75 Å². The lowest BCUT2D eigenvalue weighted by Crippen LogP contribution is -2.48. The summed E-state index contributed by atoms with van der Waals surface area (Å²) in [6, 6.07) is 19.2. The minimum absolute atomic E-state index is 0.0292. The summed E-state index contributed by atoms with van der Waals surface area (Å²) in [7, 11) is 1.56. The molecule has 200 valence electrons. The Kier molecular flexibility index (Phi) is 8.24. The fourth-order valence-electron chi connectivity index (χ4n) is 4.69. The van der Waals surface area contributed by atoms with Crippen molar-refractivity contribution < 1.29 is 27.5 Å². The van der Waals surface area contributed by atoms with E-state index in [-0.39, 0.29) is 31.1 Å². The van der Waals surface area contributed by atoms with Crippen molar-refractivity contribution in [3.05, 3.63) is 95.1 Å². The quantitative estimate of drug-likeness (QED) is 0.396. The molecule has 0 saturated carbocycles. The number of nitrogens with one attached hydrogen (secondary N) is 2.